The van der Waals surface area contributed by atoms with Gasteiger partial charge in [0.2, 0.25) is 17.2 Å². The van der Waals surface area contributed by atoms with Gasteiger partial charge in [0.05, 0.1) is 13.2 Å². The summed E-state index contributed by atoms with van der Waals surface area (Å²) in [6.07, 6.45) is 0.940. The number of aliphatic hydroxyl groups excluding tert-OH is 2. The summed E-state index contributed by atoms with van der Waals surface area (Å²) in [5.74, 6) is 0.740. The molecular formula is C10H18ClN5O2. The largest absolute Gasteiger partial charge is 0.395 e. The van der Waals surface area contributed by atoms with E-state index in [2.05, 4.69) is 20.3 Å². The van der Waals surface area contributed by atoms with Crippen LogP contribution in [0, 0.1) is 0 Å². The number of nitrogens with one attached hydrogen (secondary N) is 1. The minimum Gasteiger partial charge on any atom is -0.395 e. The van der Waals surface area contributed by atoms with Crippen LogP contribution in [-0.2, 0) is 0 Å². The Morgan fingerprint density at radius 1 is 1.17 bits per heavy atom. The Balaban J connectivity index is 2.87. The predicted octanol–water partition coefficient (Wildman–Crippen LogP) is 0.138. The molecule has 1 heterocycles. The van der Waals surface area contributed by atoms with E-state index in [1.54, 1.807) is 4.90 Å². The third-order valence-corrected chi connectivity index (χ3v) is 2.32. The fraction of sp³-hybridized carbons (Fsp3) is 0.700. The molecule has 1 rings (SSSR count). The van der Waals surface area contributed by atoms with E-state index >= 15 is 0 Å². The Morgan fingerprint density at radius 2 is 1.83 bits per heavy atom. The summed E-state index contributed by atoms with van der Waals surface area (Å²) in [5.41, 5.74) is 0. The normalized spacial score (nSPS) is 10.4. The van der Waals surface area contributed by atoms with Gasteiger partial charge >= 0.3 is 0 Å². The summed E-state index contributed by atoms with van der Waals surface area (Å²) < 4.78 is 0. The van der Waals surface area contributed by atoms with E-state index < -0.39 is 0 Å². The zero-order valence-corrected chi connectivity index (χ0v) is 11.1. The lowest BCUT2D eigenvalue weighted by Gasteiger charge is -2.20. The summed E-state index contributed by atoms with van der Waals surface area (Å²) >= 11 is 5.82. The highest BCUT2D eigenvalue weighted by Crippen LogP contribution is 2.13. The molecule has 0 radical (unpaired) electrons. The molecule has 0 atom stereocenters. The summed E-state index contributed by atoms with van der Waals surface area (Å²) in [5, 5.41) is 21.0. The predicted molar refractivity (Wildman–Crippen MR) is 70.0 cm³/mol. The maximum absolute atomic E-state index is 8.96. The molecule has 18 heavy (non-hydrogen) atoms. The monoisotopic (exact) mass is 275 g/mol. The van der Waals surface area contributed by atoms with Crippen LogP contribution in [0.15, 0.2) is 0 Å². The number of halogens is 1. The summed E-state index contributed by atoms with van der Waals surface area (Å²) in [4.78, 5) is 13.8. The van der Waals surface area contributed by atoms with Gasteiger partial charge in [0.15, 0.2) is 0 Å². The lowest BCUT2D eigenvalue weighted by atomic mass is 10.5. The molecule has 0 saturated heterocycles. The van der Waals surface area contributed by atoms with E-state index in [1.807, 2.05) is 6.92 Å². The van der Waals surface area contributed by atoms with Crippen molar-refractivity contribution in [2.24, 2.45) is 0 Å². The van der Waals surface area contributed by atoms with Crippen LogP contribution in [0.1, 0.15) is 13.3 Å². The summed E-state index contributed by atoms with van der Waals surface area (Å²) in [6.45, 7) is 3.31. The van der Waals surface area contributed by atoms with Crippen LogP contribution in [0.4, 0.5) is 11.9 Å². The van der Waals surface area contributed by atoms with Gasteiger partial charge in [-0.3, -0.25) is 0 Å². The van der Waals surface area contributed by atoms with Gasteiger partial charge in [-0.1, -0.05) is 6.92 Å². The minimum atomic E-state index is -0.0545. The standard InChI is InChI=1S/C10H18ClN5O2/c1-2-3-12-9-13-8(11)14-10(15-9)16(4-6-17)5-7-18/h17-18H,2-7H2,1H3,(H,12,13,14,15). The number of nitrogens with zero attached hydrogens (tertiary/aromatic N) is 4. The Hall–Kier alpha value is -1.18. The molecule has 0 unspecified atom stereocenters. The second-order valence-electron chi connectivity index (χ2n) is 3.59. The molecule has 0 amide bonds. The first-order chi connectivity index (χ1) is 8.71. The SMILES string of the molecule is CCCNc1nc(Cl)nc(N(CCO)CCO)n1. The van der Waals surface area contributed by atoms with E-state index in [9.17, 15) is 0 Å². The van der Waals surface area contributed by atoms with Crippen LogP contribution < -0.4 is 10.2 Å². The van der Waals surface area contributed by atoms with Crippen molar-refractivity contribution in [2.75, 3.05) is 43.1 Å². The Kier molecular flexibility index (Phi) is 6.63. The molecule has 0 bridgehead atoms. The van der Waals surface area contributed by atoms with Crippen LogP contribution in [0.2, 0.25) is 5.28 Å². The Labute approximate surface area is 111 Å². The van der Waals surface area contributed by atoms with E-state index in [1.165, 1.54) is 0 Å². The molecule has 8 heteroatoms. The van der Waals surface area contributed by atoms with Gasteiger partial charge in [0.1, 0.15) is 0 Å². The number of anilines is 2. The van der Waals surface area contributed by atoms with Crippen LogP contribution in [-0.4, -0.2) is 58.0 Å². The highest BCUT2D eigenvalue weighted by molar-refractivity contribution is 6.28. The Bertz CT molecular complexity index is 360. The first-order valence-corrected chi connectivity index (χ1v) is 6.21. The van der Waals surface area contributed by atoms with Gasteiger partial charge in [-0.25, -0.2) is 0 Å². The van der Waals surface area contributed by atoms with Gasteiger partial charge < -0.3 is 20.4 Å². The molecule has 0 aromatic carbocycles. The van der Waals surface area contributed by atoms with Crippen molar-refractivity contribution in [3.05, 3.63) is 5.28 Å². The molecule has 102 valence electrons. The molecule has 0 spiro atoms. The quantitative estimate of drug-likeness (QED) is 0.621. The van der Waals surface area contributed by atoms with E-state index in [-0.39, 0.29) is 18.5 Å². The lowest BCUT2D eigenvalue weighted by Crippen LogP contribution is -2.31. The average molecular weight is 276 g/mol. The zero-order chi connectivity index (χ0) is 13.4. The molecule has 0 aliphatic carbocycles. The fourth-order valence-electron chi connectivity index (χ4n) is 1.35. The molecule has 0 fully saturated rings. The van der Waals surface area contributed by atoms with Crippen molar-refractivity contribution in [1.82, 2.24) is 15.0 Å². The first kappa shape index (κ1) is 14.9. The molecule has 0 aliphatic rings. The highest BCUT2D eigenvalue weighted by atomic mass is 35.5. The second kappa shape index (κ2) is 8.02. The number of rotatable bonds is 8. The zero-order valence-electron chi connectivity index (χ0n) is 10.3. The van der Waals surface area contributed by atoms with Crippen molar-refractivity contribution >= 4 is 23.5 Å². The van der Waals surface area contributed by atoms with Crippen LogP contribution in [0.25, 0.3) is 0 Å². The number of hydrogen-bond acceptors (Lipinski definition) is 7. The summed E-state index contributed by atoms with van der Waals surface area (Å²) in [7, 11) is 0. The maximum atomic E-state index is 8.96. The molecule has 1 aromatic heterocycles. The third-order valence-electron chi connectivity index (χ3n) is 2.15. The first-order valence-electron chi connectivity index (χ1n) is 5.83. The topological polar surface area (TPSA) is 94.4 Å². The van der Waals surface area contributed by atoms with Gasteiger partial charge in [-0.15, -0.1) is 0 Å². The smallest absolute Gasteiger partial charge is 0.231 e. The molecule has 7 nitrogen and oxygen atoms in total. The van der Waals surface area contributed by atoms with Crippen LogP contribution >= 0.6 is 11.6 Å². The van der Waals surface area contributed by atoms with E-state index in [0.717, 1.165) is 13.0 Å². The number of aliphatic hydroxyl groups is 2. The fourth-order valence-corrected chi connectivity index (χ4v) is 1.51. The van der Waals surface area contributed by atoms with Crippen molar-refractivity contribution in [2.45, 2.75) is 13.3 Å². The van der Waals surface area contributed by atoms with Crippen molar-refractivity contribution < 1.29 is 10.2 Å². The number of hydrogen-bond donors (Lipinski definition) is 3. The van der Waals surface area contributed by atoms with Crippen molar-refractivity contribution in [1.29, 1.82) is 0 Å². The Morgan fingerprint density at radius 3 is 2.39 bits per heavy atom. The van der Waals surface area contributed by atoms with Gasteiger partial charge in [-0.2, -0.15) is 15.0 Å². The van der Waals surface area contributed by atoms with Crippen LogP contribution in [0.5, 0.6) is 0 Å². The lowest BCUT2D eigenvalue weighted by molar-refractivity contribution is 0.280. The summed E-state index contributed by atoms with van der Waals surface area (Å²) in [6, 6.07) is 0. The number of aromatic nitrogens is 3. The van der Waals surface area contributed by atoms with Crippen LogP contribution in [0.3, 0.4) is 0 Å². The average Bonchev–Trinajstić information content (AvgIpc) is 2.35. The molecular weight excluding hydrogens is 258 g/mol. The van der Waals surface area contributed by atoms with E-state index in [0.29, 0.717) is 25.0 Å². The minimum absolute atomic E-state index is 0.0545. The maximum Gasteiger partial charge on any atom is 0.231 e. The molecule has 0 aliphatic heterocycles. The highest BCUT2D eigenvalue weighted by Gasteiger charge is 2.12. The van der Waals surface area contributed by atoms with Crippen molar-refractivity contribution in [3.8, 4) is 0 Å². The van der Waals surface area contributed by atoms with Gasteiger partial charge in [0, 0.05) is 19.6 Å². The van der Waals surface area contributed by atoms with Gasteiger partial charge in [-0.05, 0) is 18.0 Å². The van der Waals surface area contributed by atoms with E-state index in [4.69, 9.17) is 21.8 Å². The molecule has 0 saturated carbocycles. The molecule has 1 aromatic rings. The van der Waals surface area contributed by atoms with Gasteiger partial charge in [0.25, 0.3) is 0 Å². The second-order valence-corrected chi connectivity index (χ2v) is 3.93. The third kappa shape index (κ3) is 4.59. The van der Waals surface area contributed by atoms with Crippen molar-refractivity contribution in [3.63, 3.8) is 0 Å². The molecule has 3 N–H and O–H groups in total.